The first-order valence-corrected chi connectivity index (χ1v) is 13.4. The number of hydrogen-bond donors (Lipinski definition) is 1. The van der Waals surface area contributed by atoms with Crippen LogP contribution in [0.5, 0.6) is 11.5 Å². The molecular weight excluding hydrogens is 518 g/mol. The number of pyridine rings is 1. The average molecular weight is 553 g/mol. The number of nitrogens with zero attached hydrogens (tertiary/aromatic N) is 7. The quantitative estimate of drug-likeness (QED) is 0.371. The highest BCUT2D eigenvalue weighted by molar-refractivity contribution is 5.95. The molecule has 2 aliphatic heterocycles. The Labute approximate surface area is 231 Å². The number of piperazine rings is 1. The number of aryl methyl sites for hydroxylation is 1. The van der Waals surface area contributed by atoms with Crippen molar-refractivity contribution in [3.05, 3.63) is 53.6 Å². The van der Waals surface area contributed by atoms with E-state index in [1.807, 2.05) is 18.1 Å². The normalized spacial score (nSPS) is 16.6. The van der Waals surface area contributed by atoms with Gasteiger partial charge in [0, 0.05) is 81.4 Å². The highest BCUT2D eigenvalue weighted by Crippen LogP contribution is 2.43. The van der Waals surface area contributed by atoms with Gasteiger partial charge in [-0.15, -0.1) is 0 Å². The van der Waals surface area contributed by atoms with E-state index in [0.29, 0.717) is 0 Å². The molecule has 1 fully saturated rings. The van der Waals surface area contributed by atoms with E-state index in [1.165, 1.54) is 20.3 Å². The number of H-pyrrole nitrogens is 1. The number of likely N-dealkylation sites (N-methyl/N-ethyl adjacent to an activating group) is 1. The molecule has 4 aromatic rings. The summed E-state index contributed by atoms with van der Waals surface area (Å²) < 4.78 is 43.2. The van der Waals surface area contributed by atoms with Crippen LogP contribution in [0.3, 0.4) is 0 Å². The zero-order valence-corrected chi connectivity index (χ0v) is 23.2. The van der Waals surface area contributed by atoms with Gasteiger partial charge in [-0.1, -0.05) is 6.92 Å². The Morgan fingerprint density at radius 2 is 1.65 bits per heavy atom. The van der Waals surface area contributed by atoms with Gasteiger partial charge in [0.1, 0.15) is 11.3 Å². The number of anilines is 3. The fourth-order valence-electron chi connectivity index (χ4n) is 5.74. The van der Waals surface area contributed by atoms with E-state index in [-0.39, 0.29) is 30.4 Å². The summed E-state index contributed by atoms with van der Waals surface area (Å²) in [5, 5.41) is 5.33. The summed E-state index contributed by atoms with van der Waals surface area (Å²) in [6.07, 6.45) is 5.42. The summed E-state index contributed by atoms with van der Waals surface area (Å²) in [6.45, 7) is 8.69. The zero-order chi connectivity index (χ0) is 28.0. The maximum absolute atomic E-state index is 15.5. The molecule has 2 aliphatic rings. The van der Waals surface area contributed by atoms with E-state index in [4.69, 9.17) is 14.5 Å². The highest BCUT2D eigenvalue weighted by Gasteiger charge is 2.33. The average Bonchev–Trinajstić information content (AvgIpc) is 3.59. The largest absolute Gasteiger partial charge is 0.493 e. The van der Waals surface area contributed by atoms with E-state index in [0.717, 1.165) is 72.9 Å². The molecule has 3 aromatic heterocycles. The van der Waals surface area contributed by atoms with Crippen molar-refractivity contribution in [3.8, 4) is 11.5 Å². The van der Waals surface area contributed by atoms with Crippen molar-refractivity contribution in [1.29, 1.82) is 0 Å². The molecule has 6 rings (SSSR count). The molecule has 1 N–H and O–H groups in total. The third-order valence-electron chi connectivity index (χ3n) is 7.88. The van der Waals surface area contributed by atoms with E-state index in [1.54, 1.807) is 22.0 Å². The fourth-order valence-corrected chi connectivity index (χ4v) is 5.74. The van der Waals surface area contributed by atoms with E-state index in [2.05, 4.69) is 32.9 Å². The molecule has 0 spiro atoms. The molecule has 0 radical (unpaired) electrons. The van der Waals surface area contributed by atoms with Gasteiger partial charge >= 0.3 is 0 Å². The molecule has 1 aromatic carbocycles. The highest BCUT2D eigenvalue weighted by atomic mass is 19.1. The van der Waals surface area contributed by atoms with Crippen LogP contribution in [0.15, 0.2) is 30.7 Å². The number of aromatic amines is 1. The Kier molecular flexibility index (Phi) is 6.97. The maximum atomic E-state index is 15.5. The van der Waals surface area contributed by atoms with Crippen LogP contribution < -0.4 is 19.3 Å². The van der Waals surface area contributed by atoms with Crippen LogP contribution in [0.25, 0.3) is 11.0 Å². The number of fused-ring (bicyclic) bond motifs is 3. The lowest BCUT2D eigenvalue weighted by molar-refractivity contribution is 0.131. The molecule has 12 heteroatoms. The summed E-state index contributed by atoms with van der Waals surface area (Å²) in [4.78, 5) is 16.8. The lowest BCUT2D eigenvalue weighted by Crippen LogP contribution is -2.45. The smallest absolute Gasteiger partial charge is 0.191 e. The molecule has 1 saturated heterocycles. The Balaban J connectivity index is 1.41. The molecule has 212 valence electrons. The van der Waals surface area contributed by atoms with Gasteiger partial charge in [-0.3, -0.25) is 9.58 Å². The lowest BCUT2D eigenvalue weighted by Gasteiger charge is -2.39. The van der Waals surface area contributed by atoms with Gasteiger partial charge < -0.3 is 29.2 Å². The second-order valence-electron chi connectivity index (χ2n) is 10.3. The molecule has 0 amide bonds. The second-order valence-corrected chi connectivity index (χ2v) is 10.3. The van der Waals surface area contributed by atoms with E-state index < -0.39 is 11.6 Å². The molecule has 0 aliphatic carbocycles. The van der Waals surface area contributed by atoms with Crippen LogP contribution in [-0.4, -0.2) is 83.2 Å². The number of nitrogens with one attached hydrogen (secondary N) is 1. The molecule has 0 unspecified atom stereocenters. The number of benzene rings is 1. The van der Waals surface area contributed by atoms with Crippen molar-refractivity contribution >= 4 is 28.1 Å². The Hall–Kier alpha value is -3.90. The number of hydrogen-bond acceptors (Lipinski definition) is 8. The van der Waals surface area contributed by atoms with Gasteiger partial charge in [0.05, 0.1) is 38.5 Å². The zero-order valence-electron chi connectivity index (χ0n) is 23.2. The van der Waals surface area contributed by atoms with Crippen LogP contribution in [0.1, 0.15) is 18.2 Å². The van der Waals surface area contributed by atoms with Gasteiger partial charge in [0.25, 0.3) is 0 Å². The molecule has 0 bridgehead atoms. The van der Waals surface area contributed by atoms with Crippen LogP contribution >= 0.6 is 0 Å². The third kappa shape index (κ3) is 4.60. The lowest BCUT2D eigenvalue weighted by atomic mass is 10.1. The molecule has 0 atom stereocenters. The number of aromatic nitrogens is 4. The van der Waals surface area contributed by atoms with Crippen LogP contribution in [0.2, 0.25) is 0 Å². The fraction of sp³-hybridized carbons (Fsp3) is 0.429. The van der Waals surface area contributed by atoms with E-state index in [9.17, 15) is 0 Å². The number of ether oxygens (including phenoxy) is 2. The Bertz CT molecular complexity index is 1500. The van der Waals surface area contributed by atoms with Crippen molar-refractivity contribution < 1.29 is 18.3 Å². The molecule has 10 nitrogen and oxygen atoms in total. The summed E-state index contributed by atoms with van der Waals surface area (Å²) in [5.41, 5.74) is 4.24. The summed E-state index contributed by atoms with van der Waals surface area (Å²) in [6, 6.07) is 3.38. The van der Waals surface area contributed by atoms with Crippen molar-refractivity contribution in [2.24, 2.45) is 7.05 Å². The minimum atomic E-state index is -0.781. The van der Waals surface area contributed by atoms with Crippen molar-refractivity contribution in [3.63, 3.8) is 0 Å². The summed E-state index contributed by atoms with van der Waals surface area (Å²) in [5.74, 6) is -1.74. The SMILES string of the molecule is CCN1CCN(Cc2cc3c4c(cnc3[nH]2)CN(c2c(F)c(OC)cc(OC)c2F)CN4c2cnn(C)c2)CC1. The predicted molar refractivity (Wildman–Crippen MR) is 149 cm³/mol. The van der Waals surface area contributed by atoms with Crippen molar-refractivity contribution in [2.45, 2.75) is 20.0 Å². The summed E-state index contributed by atoms with van der Waals surface area (Å²) in [7, 11) is 4.54. The van der Waals surface area contributed by atoms with Gasteiger partial charge in [-0.25, -0.2) is 13.8 Å². The van der Waals surface area contributed by atoms with Gasteiger partial charge in [-0.2, -0.15) is 5.10 Å². The van der Waals surface area contributed by atoms with Crippen LogP contribution in [-0.2, 0) is 20.1 Å². The van der Waals surface area contributed by atoms with Crippen LogP contribution in [0.4, 0.5) is 25.8 Å². The van der Waals surface area contributed by atoms with E-state index >= 15 is 8.78 Å². The topological polar surface area (TPSA) is 77.9 Å². The molecular formula is C28H34F2N8O2. The third-order valence-corrected chi connectivity index (χ3v) is 7.88. The number of halogens is 2. The second kappa shape index (κ2) is 10.6. The van der Waals surface area contributed by atoms with Crippen LogP contribution in [0, 0.1) is 11.6 Å². The standard InChI is InChI=1S/C28H34F2N8O2/c1-5-35-6-8-36(9-7-35)15-19-10-21-26-18(12-31-28(21)33-19)14-37(17-38(26)20-13-32-34(2)16-20)27-24(29)22(39-3)11-23(40-4)25(27)30/h10-13,16H,5-9,14-15,17H2,1-4H3,(H,31,33). The first kappa shape index (κ1) is 26.3. The molecule has 0 saturated carbocycles. The van der Waals surface area contributed by atoms with Crippen molar-refractivity contribution in [2.75, 3.05) is 63.4 Å². The first-order valence-electron chi connectivity index (χ1n) is 13.4. The minimum Gasteiger partial charge on any atom is -0.493 e. The number of methoxy groups -OCH3 is 2. The first-order chi connectivity index (χ1) is 19.4. The number of rotatable bonds is 7. The predicted octanol–water partition coefficient (Wildman–Crippen LogP) is 3.85. The van der Waals surface area contributed by atoms with Gasteiger partial charge in [0.15, 0.2) is 23.1 Å². The monoisotopic (exact) mass is 552 g/mol. The van der Waals surface area contributed by atoms with Gasteiger partial charge in [-0.05, 0) is 12.6 Å². The Morgan fingerprint density at radius 3 is 2.27 bits per heavy atom. The van der Waals surface area contributed by atoms with Crippen molar-refractivity contribution in [1.82, 2.24) is 29.5 Å². The minimum absolute atomic E-state index is 0.0874. The molecule has 5 heterocycles. The summed E-state index contributed by atoms with van der Waals surface area (Å²) >= 11 is 0. The van der Waals surface area contributed by atoms with Gasteiger partial charge in [0.2, 0.25) is 0 Å². The molecule has 40 heavy (non-hydrogen) atoms. The Morgan fingerprint density at radius 1 is 0.950 bits per heavy atom. The maximum Gasteiger partial charge on any atom is 0.191 e.